The van der Waals surface area contributed by atoms with Gasteiger partial charge in [0.05, 0.1) is 11.0 Å². The first-order valence-corrected chi connectivity index (χ1v) is 11.4. The Balaban J connectivity index is 1.42. The number of H-pyrrole nitrogens is 2. The van der Waals surface area contributed by atoms with Crippen molar-refractivity contribution in [1.82, 2.24) is 20.2 Å². The number of imidazole rings is 1. The molecule has 0 spiro atoms. The standard InChI is InChI=1S/C24H31N5O2/c1-14-4-5-18-17(10-14)23(28-27-18)24-25-19-11-15(2)21(13-20(19)26-24)29(3)22(30)12-16-6-8-31-9-7-16/h11,13-14,16H,4-10,12H2,1-3H3,(H,25,26)(H,27,28). The molecule has 164 valence electrons. The second kappa shape index (κ2) is 8.11. The molecule has 0 saturated carbocycles. The lowest BCUT2D eigenvalue weighted by atomic mass is 9.88. The molecular weight excluding hydrogens is 390 g/mol. The molecule has 0 radical (unpaired) electrons. The summed E-state index contributed by atoms with van der Waals surface area (Å²) in [5.74, 6) is 2.03. The number of carbonyl (C=O) groups excluding carboxylic acids is 1. The highest BCUT2D eigenvalue weighted by Crippen LogP contribution is 2.33. The third kappa shape index (κ3) is 3.87. The van der Waals surface area contributed by atoms with Gasteiger partial charge < -0.3 is 14.6 Å². The van der Waals surface area contributed by atoms with Crippen molar-refractivity contribution in [2.45, 2.75) is 52.4 Å². The molecule has 3 aromatic rings. The van der Waals surface area contributed by atoms with Gasteiger partial charge in [0, 0.05) is 43.6 Å². The van der Waals surface area contributed by atoms with E-state index in [1.54, 1.807) is 4.90 Å². The molecule has 1 saturated heterocycles. The Bertz CT molecular complexity index is 1110. The van der Waals surface area contributed by atoms with Crippen LogP contribution in [0, 0.1) is 18.8 Å². The Morgan fingerprint density at radius 2 is 2.06 bits per heavy atom. The van der Waals surface area contributed by atoms with Crippen LogP contribution >= 0.6 is 0 Å². The molecule has 1 atom stereocenters. The number of carbonyl (C=O) groups is 1. The topological polar surface area (TPSA) is 86.9 Å². The first kappa shape index (κ1) is 20.2. The van der Waals surface area contributed by atoms with Gasteiger partial charge in [-0.15, -0.1) is 0 Å². The molecule has 1 amide bonds. The van der Waals surface area contributed by atoms with E-state index in [2.05, 4.69) is 28.2 Å². The number of nitrogens with zero attached hydrogens (tertiary/aromatic N) is 3. The summed E-state index contributed by atoms with van der Waals surface area (Å²) in [6.45, 7) is 5.86. The molecule has 5 rings (SSSR count). The number of fused-ring (bicyclic) bond motifs is 2. The second-order valence-electron chi connectivity index (χ2n) is 9.33. The minimum atomic E-state index is 0.153. The van der Waals surface area contributed by atoms with Crippen molar-refractivity contribution in [3.8, 4) is 11.5 Å². The predicted molar refractivity (Wildman–Crippen MR) is 121 cm³/mol. The van der Waals surface area contributed by atoms with Crippen LogP contribution in [0.15, 0.2) is 12.1 Å². The Morgan fingerprint density at radius 1 is 1.26 bits per heavy atom. The third-order valence-corrected chi connectivity index (χ3v) is 6.96. The molecule has 7 nitrogen and oxygen atoms in total. The molecule has 2 N–H and O–H groups in total. The van der Waals surface area contributed by atoms with Crippen LogP contribution in [0.4, 0.5) is 5.69 Å². The molecule has 1 fully saturated rings. The van der Waals surface area contributed by atoms with Crippen molar-refractivity contribution < 1.29 is 9.53 Å². The number of rotatable bonds is 4. The van der Waals surface area contributed by atoms with Crippen LogP contribution in [0.25, 0.3) is 22.6 Å². The van der Waals surface area contributed by atoms with Crippen LogP contribution in [0.5, 0.6) is 0 Å². The molecule has 2 aromatic heterocycles. The van der Waals surface area contributed by atoms with E-state index in [0.717, 1.165) is 72.7 Å². The van der Waals surface area contributed by atoms with Crippen molar-refractivity contribution in [3.05, 3.63) is 29.0 Å². The summed E-state index contributed by atoms with van der Waals surface area (Å²) in [5.41, 5.74) is 7.27. The zero-order chi connectivity index (χ0) is 21.5. The molecule has 7 heteroatoms. The number of benzene rings is 1. The van der Waals surface area contributed by atoms with Crippen LogP contribution in [0.2, 0.25) is 0 Å². The Kier molecular flexibility index (Phi) is 5.30. The number of anilines is 1. The quantitative estimate of drug-likeness (QED) is 0.662. The van der Waals surface area contributed by atoms with Crippen LogP contribution in [-0.4, -0.2) is 46.3 Å². The SMILES string of the molecule is Cc1cc2[nH]c(-c3n[nH]c4c3CC(C)CC4)nc2cc1N(C)C(=O)CC1CCOCC1. The number of nitrogens with one attached hydrogen (secondary N) is 2. The number of aryl methyl sites for hydroxylation is 2. The number of amides is 1. The number of hydrogen-bond donors (Lipinski definition) is 2. The molecule has 1 aliphatic heterocycles. The van der Waals surface area contributed by atoms with E-state index in [9.17, 15) is 4.79 Å². The lowest BCUT2D eigenvalue weighted by Gasteiger charge is -2.25. The van der Waals surface area contributed by atoms with E-state index in [4.69, 9.17) is 9.72 Å². The van der Waals surface area contributed by atoms with Crippen LogP contribution in [0.1, 0.15) is 49.4 Å². The Labute approximate surface area is 182 Å². The highest BCUT2D eigenvalue weighted by atomic mass is 16.5. The molecule has 1 aromatic carbocycles. The highest BCUT2D eigenvalue weighted by molar-refractivity contribution is 5.96. The van der Waals surface area contributed by atoms with Gasteiger partial charge in [-0.05, 0) is 68.6 Å². The summed E-state index contributed by atoms with van der Waals surface area (Å²) in [6.07, 6.45) is 5.78. The lowest BCUT2D eigenvalue weighted by Crippen LogP contribution is -2.30. The predicted octanol–water partition coefficient (Wildman–Crippen LogP) is 4.17. The summed E-state index contributed by atoms with van der Waals surface area (Å²) < 4.78 is 5.42. The van der Waals surface area contributed by atoms with E-state index < -0.39 is 0 Å². The van der Waals surface area contributed by atoms with Crippen LogP contribution in [0.3, 0.4) is 0 Å². The third-order valence-electron chi connectivity index (χ3n) is 6.96. The van der Waals surface area contributed by atoms with Gasteiger partial charge in [0.25, 0.3) is 0 Å². The monoisotopic (exact) mass is 421 g/mol. The zero-order valence-corrected chi connectivity index (χ0v) is 18.6. The van der Waals surface area contributed by atoms with Gasteiger partial charge in [0.15, 0.2) is 5.82 Å². The molecule has 0 bridgehead atoms. The fraction of sp³-hybridized carbons (Fsp3) is 0.542. The maximum Gasteiger partial charge on any atom is 0.227 e. The summed E-state index contributed by atoms with van der Waals surface area (Å²) in [5, 5.41) is 7.79. The number of aromatic amines is 2. The molecule has 1 aliphatic carbocycles. The van der Waals surface area contributed by atoms with E-state index in [-0.39, 0.29) is 5.91 Å². The van der Waals surface area contributed by atoms with Crippen LogP contribution in [-0.2, 0) is 22.4 Å². The van der Waals surface area contributed by atoms with Gasteiger partial charge in [-0.2, -0.15) is 5.10 Å². The first-order chi connectivity index (χ1) is 15.0. The molecule has 31 heavy (non-hydrogen) atoms. The number of ether oxygens (including phenoxy) is 1. The fourth-order valence-corrected chi connectivity index (χ4v) is 4.96. The van der Waals surface area contributed by atoms with E-state index in [1.807, 2.05) is 20.0 Å². The Hall–Kier alpha value is -2.67. The van der Waals surface area contributed by atoms with Crippen molar-refractivity contribution in [2.24, 2.45) is 11.8 Å². The molecular formula is C24H31N5O2. The largest absolute Gasteiger partial charge is 0.381 e. The smallest absolute Gasteiger partial charge is 0.227 e. The molecule has 1 unspecified atom stereocenters. The first-order valence-electron chi connectivity index (χ1n) is 11.4. The van der Waals surface area contributed by atoms with Gasteiger partial charge >= 0.3 is 0 Å². The van der Waals surface area contributed by atoms with Gasteiger partial charge in [-0.25, -0.2) is 4.98 Å². The van der Waals surface area contributed by atoms with Gasteiger partial charge in [0.1, 0.15) is 5.69 Å². The number of hydrogen-bond acceptors (Lipinski definition) is 4. The molecule has 3 heterocycles. The average Bonchev–Trinajstić information content (AvgIpc) is 3.36. The summed E-state index contributed by atoms with van der Waals surface area (Å²) >= 11 is 0. The minimum Gasteiger partial charge on any atom is -0.381 e. The highest BCUT2D eigenvalue weighted by Gasteiger charge is 2.25. The minimum absolute atomic E-state index is 0.153. The van der Waals surface area contributed by atoms with Crippen molar-refractivity contribution in [3.63, 3.8) is 0 Å². The van der Waals surface area contributed by atoms with Crippen molar-refractivity contribution in [2.75, 3.05) is 25.2 Å². The van der Waals surface area contributed by atoms with E-state index >= 15 is 0 Å². The number of aromatic nitrogens is 4. The second-order valence-corrected chi connectivity index (χ2v) is 9.33. The van der Waals surface area contributed by atoms with E-state index in [1.165, 1.54) is 17.7 Å². The normalized spacial score (nSPS) is 19.5. The lowest BCUT2D eigenvalue weighted by molar-refractivity contribution is -0.119. The molecule has 2 aliphatic rings. The van der Waals surface area contributed by atoms with Gasteiger partial charge in [0.2, 0.25) is 5.91 Å². The van der Waals surface area contributed by atoms with E-state index in [0.29, 0.717) is 18.3 Å². The summed E-state index contributed by atoms with van der Waals surface area (Å²) in [7, 11) is 1.87. The maximum absolute atomic E-state index is 12.9. The van der Waals surface area contributed by atoms with Crippen LogP contribution < -0.4 is 4.90 Å². The Morgan fingerprint density at radius 3 is 2.87 bits per heavy atom. The van der Waals surface area contributed by atoms with Gasteiger partial charge in [-0.3, -0.25) is 9.89 Å². The fourth-order valence-electron chi connectivity index (χ4n) is 4.96. The van der Waals surface area contributed by atoms with Gasteiger partial charge in [-0.1, -0.05) is 6.92 Å². The zero-order valence-electron chi connectivity index (χ0n) is 18.6. The average molecular weight is 422 g/mol. The summed E-state index contributed by atoms with van der Waals surface area (Å²) in [4.78, 5) is 23.0. The van der Waals surface area contributed by atoms with Crippen molar-refractivity contribution in [1.29, 1.82) is 0 Å². The summed E-state index contributed by atoms with van der Waals surface area (Å²) in [6, 6.07) is 4.11. The maximum atomic E-state index is 12.9. The van der Waals surface area contributed by atoms with Crippen molar-refractivity contribution >= 4 is 22.6 Å².